The molecule has 9 heteroatoms. The van der Waals surface area contributed by atoms with Crippen molar-refractivity contribution in [2.24, 2.45) is 0 Å². The molecule has 0 bridgehead atoms. The molecule has 126 valence electrons. The smallest absolute Gasteiger partial charge is 0.244 e. The molecule has 0 aliphatic rings. The lowest BCUT2D eigenvalue weighted by Gasteiger charge is -2.13. The first-order valence-electron chi connectivity index (χ1n) is 6.77. The quantitative estimate of drug-likeness (QED) is 0.801. The molecule has 24 heavy (non-hydrogen) atoms. The maximum Gasteiger partial charge on any atom is 0.244 e. The summed E-state index contributed by atoms with van der Waals surface area (Å²) in [5.74, 6) is 0. The summed E-state index contributed by atoms with van der Waals surface area (Å²) in [5.41, 5.74) is 1.70. The number of halogens is 1. The fraction of sp³-hybridized carbons (Fsp3) is 0.200. The van der Waals surface area contributed by atoms with Gasteiger partial charge in [-0.15, -0.1) is 11.3 Å². The van der Waals surface area contributed by atoms with E-state index in [1.54, 1.807) is 6.07 Å². The summed E-state index contributed by atoms with van der Waals surface area (Å²) in [7, 11) is -0.788. The molecule has 1 N–H and O–H groups in total. The van der Waals surface area contributed by atoms with Gasteiger partial charge in [-0.1, -0.05) is 11.6 Å². The lowest BCUT2D eigenvalue weighted by Crippen LogP contribution is -2.22. The van der Waals surface area contributed by atoms with Gasteiger partial charge in [0.2, 0.25) is 10.0 Å². The number of benzene rings is 1. The minimum atomic E-state index is -3.66. The number of aryl methyl sites for hydroxylation is 1. The van der Waals surface area contributed by atoms with E-state index in [4.69, 9.17) is 11.6 Å². The highest BCUT2D eigenvalue weighted by Gasteiger charge is 2.21. The van der Waals surface area contributed by atoms with E-state index in [2.05, 4.69) is 16.4 Å². The molecule has 2 rings (SSSR count). The molecule has 6 nitrogen and oxygen atoms in total. The van der Waals surface area contributed by atoms with Crippen molar-refractivity contribution in [1.29, 1.82) is 5.26 Å². The van der Waals surface area contributed by atoms with Gasteiger partial charge >= 0.3 is 0 Å². The molecule has 2 aromatic rings. The van der Waals surface area contributed by atoms with Gasteiger partial charge in [0.1, 0.15) is 21.5 Å². The van der Waals surface area contributed by atoms with E-state index in [1.807, 2.05) is 12.3 Å². The van der Waals surface area contributed by atoms with Crippen molar-refractivity contribution in [1.82, 2.24) is 9.29 Å². The fourth-order valence-corrected chi connectivity index (χ4v) is 3.92. The number of hydrogen-bond acceptors (Lipinski definition) is 6. The Morgan fingerprint density at radius 2 is 2.17 bits per heavy atom. The zero-order valence-electron chi connectivity index (χ0n) is 13.2. The Balaban J connectivity index is 2.34. The predicted octanol–water partition coefficient (Wildman–Crippen LogP) is 3.33. The Morgan fingerprint density at radius 1 is 1.46 bits per heavy atom. The third kappa shape index (κ3) is 3.94. The van der Waals surface area contributed by atoms with Crippen LogP contribution in [0.25, 0.3) is 5.57 Å². The standard InChI is InChI=1S/C15H15ClN4O2S2/c1-10-9-23-15(19-10)11(7-17)8-18-12-4-5-13(16)14(6-12)24(21,22)20(2)3/h4-6,8-9,18H,1-3H3/b11-8+. The van der Waals surface area contributed by atoms with E-state index in [9.17, 15) is 13.7 Å². The van der Waals surface area contributed by atoms with Crippen LogP contribution in [0.3, 0.4) is 0 Å². The van der Waals surface area contributed by atoms with Crippen molar-refractivity contribution < 1.29 is 8.42 Å². The van der Waals surface area contributed by atoms with Gasteiger partial charge in [0, 0.05) is 37.1 Å². The molecule has 1 aromatic heterocycles. The van der Waals surface area contributed by atoms with Crippen LogP contribution in [0.1, 0.15) is 10.7 Å². The lowest BCUT2D eigenvalue weighted by atomic mass is 10.3. The van der Waals surface area contributed by atoms with E-state index in [1.165, 1.54) is 43.8 Å². The summed E-state index contributed by atoms with van der Waals surface area (Å²) in [6, 6.07) is 6.63. The van der Waals surface area contributed by atoms with Crippen molar-refractivity contribution >= 4 is 44.2 Å². The largest absolute Gasteiger partial charge is 0.360 e. The predicted molar refractivity (Wildman–Crippen MR) is 96.4 cm³/mol. The number of aromatic nitrogens is 1. The zero-order chi connectivity index (χ0) is 17.9. The van der Waals surface area contributed by atoms with E-state index in [0.29, 0.717) is 16.3 Å². The number of nitrogens with zero attached hydrogens (tertiary/aromatic N) is 3. The van der Waals surface area contributed by atoms with E-state index in [0.717, 1.165) is 10.00 Å². The number of thiazole rings is 1. The highest BCUT2D eigenvalue weighted by molar-refractivity contribution is 7.89. The molecule has 1 aromatic carbocycles. The maximum atomic E-state index is 12.3. The van der Waals surface area contributed by atoms with Crippen molar-refractivity contribution in [2.75, 3.05) is 19.4 Å². The summed E-state index contributed by atoms with van der Waals surface area (Å²) in [6.07, 6.45) is 1.49. The number of nitriles is 1. The summed E-state index contributed by atoms with van der Waals surface area (Å²) >= 11 is 7.37. The van der Waals surface area contributed by atoms with Crippen molar-refractivity contribution in [3.8, 4) is 6.07 Å². The van der Waals surface area contributed by atoms with Crippen LogP contribution in [-0.4, -0.2) is 31.8 Å². The summed E-state index contributed by atoms with van der Waals surface area (Å²) in [4.78, 5) is 4.25. The maximum absolute atomic E-state index is 12.3. The monoisotopic (exact) mass is 382 g/mol. The fourth-order valence-electron chi connectivity index (χ4n) is 1.76. The van der Waals surface area contributed by atoms with E-state index < -0.39 is 10.0 Å². The Morgan fingerprint density at radius 3 is 2.71 bits per heavy atom. The Bertz CT molecular complexity index is 927. The van der Waals surface area contributed by atoms with Crippen LogP contribution >= 0.6 is 22.9 Å². The van der Waals surface area contributed by atoms with Gasteiger partial charge < -0.3 is 5.32 Å². The van der Waals surface area contributed by atoms with Gasteiger partial charge in [-0.2, -0.15) is 5.26 Å². The molecule has 0 aliphatic heterocycles. The molecular weight excluding hydrogens is 368 g/mol. The molecule has 0 amide bonds. The van der Waals surface area contributed by atoms with Gasteiger partial charge in [-0.05, 0) is 25.1 Å². The molecule has 0 atom stereocenters. The molecule has 0 spiro atoms. The van der Waals surface area contributed by atoms with Crippen LogP contribution in [0, 0.1) is 18.3 Å². The van der Waals surface area contributed by atoms with Gasteiger partial charge in [0.05, 0.1) is 5.02 Å². The Kier molecular flexibility index (Phi) is 5.62. The van der Waals surface area contributed by atoms with Gasteiger partial charge in [0.25, 0.3) is 0 Å². The highest BCUT2D eigenvalue weighted by Crippen LogP contribution is 2.27. The first-order valence-corrected chi connectivity index (χ1v) is 9.47. The average molecular weight is 383 g/mol. The van der Waals surface area contributed by atoms with Gasteiger partial charge in [-0.3, -0.25) is 0 Å². The summed E-state index contributed by atoms with van der Waals surface area (Å²) in [6.45, 7) is 1.85. The van der Waals surface area contributed by atoms with Crippen molar-refractivity contribution in [3.63, 3.8) is 0 Å². The van der Waals surface area contributed by atoms with Gasteiger partial charge in [-0.25, -0.2) is 17.7 Å². The number of hydrogen-bond donors (Lipinski definition) is 1. The molecule has 0 fully saturated rings. The topological polar surface area (TPSA) is 86.1 Å². The minimum Gasteiger partial charge on any atom is -0.360 e. The van der Waals surface area contributed by atoms with E-state index >= 15 is 0 Å². The minimum absolute atomic E-state index is 0.00355. The van der Waals surface area contributed by atoms with Crippen LogP contribution in [0.2, 0.25) is 5.02 Å². The average Bonchev–Trinajstić information content (AvgIpc) is 2.95. The molecule has 0 saturated carbocycles. The number of sulfonamides is 1. The van der Waals surface area contributed by atoms with Crippen LogP contribution in [0.4, 0.5) is 5.69 Å². The van der Waals surface area contributed by atoms with E-state index in [-0.39, 0.29) is 9.92 Å². The van der Waals surface area contributed by atoms with Crippen molar-refractivity contribution in [2.45, 2.75) is 11.8 Å². The second kappa shape index (κ2) is 7.32. The Labute approximate surface area is 150 Å². The first-order chi connectivity index (χ1) is 11.3. The van der Waals surface area contributed by atoms with Crippen LogP contribution in [-0.2, 0) is 10.0 Å². The third-order valence-electron chi connectivity index (χ3n) is 3.04. The van der Waals surface area contributed by atoms with Crippen molar-refractivity contribution in [3.05, 3.63) is 45.5 Å². The third-order valence-corrected chi connectivity index (χ3v) is 6.33. The molecule has 0 unspecified atom stereocenters. The first kappa shape index (κ1) is 18.4. The number of anilines is 1. The highest BCUT2D eigenvalue weighted by atomic mass is 35.5. The second-order valence-electron chi connectivity index (χ2n) is 5.04. The van der Waals surface area contributed by atoms with Gasteiger partial charge in [0.15, 0.2) is 0 Å². The normalized spacial score (nSPS) is 12.2. The molecule has 0 radical (unpaired) electrons. The SMILES string of the molecule is Cc1csc(/C(C#N)=C/Nc2ccc(Cl)c(S(=O)(=O)N(C)C)c2)n1. The van der Waals surface area contributed by atoms with Crippen LogP contribution in [0.5, 0.6) is 0 Å². The molecular formula is C15H15ClN4O2S2. The molecule has 0 saturated heterocycles. The summed E-state index contributed by atoms with van der Waals surface area (Å²) in [5, 5.41) is 14.8. The second-order valence-corrected chi connectivity index (χ2v) is 8.43. The van der Waals surface area contributed by atoms with Crippen LogP contribution in [0.15, 0.2) is 34.7 Å². The number of allylic oxidation sites excluding steroid dienone is 1. The summed E-state index contributed by atoms with van der Waals surface area (Å²) < 4.78 is 25.6. The zero-order valence-corrected chi connectivity index (χ0v) is 15.6. The van der Waals surface area contributed by atoms with Crippen LogP contribution < -0.4 is 5.32 Å². The number of rotatable bonds is 5. The molecule has 0 aliphatic carbocycles. The molecule has 1 heterocycles. The number of nitrogens with one attached hydrogen (secondary N) is 1. The Hall–Kier alpha value is -1.92. The lowest BCUT2D eigenvalue weighted by molar-refractivity contribution is 0.521.